The maximum absolute atomic E-state index is 8.75. The van der Waals surface area contributed by atoms with Crippen LogP contribution in [-0.2, 0) is 0 Å². The summed E-state index contributed by atoms with van der Waals surface area (Å²) in [5.41, 5.74) is 0. The average molecular weight is 140 g/mol. The molecule has 2 aliphatic rings. The fraction of sp³-hybridized carbons (Fsp3) is 1.00. The first-order valence-corrected chi connectivity index (χ1v) is 4.51. The van der Waals surface area contributed by atoms with Crippen molar-refractivity contribution < 1.29 is 5.11 Å². The van der Waals surface area contributed by atoms with E-state index in [-0.39, 0.29) is 0 Å². The molecular formula is C9H16O. The van der Waals surface area contributed by atoms with Gasteiger partial charge in [0.05, 0.1) is 0 Å². The van der Waals surface area contributed by atoms with Crippen molar-refractivity contribution >= 4 is 0 Å². The predicted molar refractivity (Wildman–Crippen MR) is 40.6 cm³/mol. The predicted octanol–water partition coefficient (Wildman–Crippen LogP) is 1.80. The largest absolute Gasteiger partial charge is 0.396 e. The monoisotopic (exact) mass is 140 g/mol. The van der Waals surface area contributed by atoms with Gasteiger partial charge in [0.25, 0.3) is 0 Å². The van der Waals surface area contributed by atoms with Crippen LogP contribution in [-0.4, -0.2) is 11.7 Å². The maximum Gasteiger partial charge on any atom is 0.0433 e. The highest BCUT2D eigenvalue weighted by Crippen LogP contribution is 2.49. The van der Waals surface area contributed by atoms with E-state index in [0.717, 1.165) is 24.2 Å². The molecule has 2 aliphatic carbocycles. The Kier molecular flexibility index (Phi) is 1.69. The Morgan fingerprint density at radius 3 is 2.60 bits per heavy atom. The summed E-state index contributed by atoms with van der Waals surface area (Å²) in [7, 11) is 0. The summed E-state index contributed by atoms with van der Waals surface area (Å²) >= 11 is 0. The molecule has 1 nitrogen and oxygen atoms in total. The van der Waals surface area contributed by atoms with Crippen LogP contribution >= 0.6 is 0 Å². The zero-order valence-corrected chi connectivity index (χ0v) is 6.42. The molecule has 1 heteroatoms. The van der Waals surface area contributed by atoms with Gasteiger partial charge in [-0.1, -0.05) is 6.42 Å². The fourth-order valence-electron chi connectivity index (χ4n) is 2.90. The van der Waals surface area contributed by atoms with Crippen LogP contribution in [0.4, 0.5) is 0 Å². The molecule has 2 rings (SSSR count). The summed E-state index contributed by atoms with van der Waals surface area (Å²) in [6, 6.07) is 0. The summed E-state index contributed by atoms with van der Waals surface area (Å²) in [5, 5.41) is 8.75. The Balaban J connectivity index is 1.90. The molecule has 0 aliphatic heterocycles. The Morgan fingerprint density at radius 1 is 1.20 bits per heavy atom. The van der Waals surface area contributed by atoms with Gasteiger partial charge in [-0.15, -0.1) is 0 Å². The van der Waals surface area contributed by atoms with E-state index in [1.807, 2.05) is 0 Å². The number of fused-ring (bicyclic) bond motifs is 2. The van der Waals surface area contributed by atoms with Crippen molar-refractivity contribution in [1.29, 1.82) is 0 Å². The molecule has 10 heavy (non-hydrogen) atoms. The molecule has 0 radical (unpaired) electrons. The second-order valence-corrected chi connectivity index (χ2v) is 3.95. The zero-order chi connectivity index (χ0) is 6.97. The number of hydrogen-bond donors (Lipinski definition) is 1. The standard InChI is InChI=1S/C9H16O/c10-4-3-9-6-7-1-2-8(9)5-7/h7-10H,1-6H2/t7-,8-,9+/m1/s1. The maximum atomic E-state index is 8.75. The number of hydrogen-bond acceptors (Lipinski definition) is 1. The SMILES string of the molecule is OCC[C@H]1C[C@@H]2CC[C@@H]1C2. The number of rotatable bonds is 2. The van der Waals surface area contributed by atoms with E-state index in [1.54, 1.807) is 0 Å². The van der Waals surface area contributed by atoms with Crippen LogP contribution in [0.15, 0.2) is 0 Å². The molecule has 0 heterocycles. The van der Waals surface area contributed by atoms with Gasteiger partial charge in [-0.25, -0.2) is 0 Å². The minimum Gasteiger partial charge on any atom is -0.396 e. The first-order valence-electron chi connectivity index (χ1n) is 4.51. The Labute approximate surface area is 62.4 Å². The van der Waals surface area contributed by atoms with Crippen LogP contribution in [0, 0.1) is 17.8 Å². The zero-order valence-electron chi connectivity index (χ0n) is 6.42. The normalized spacial score (nSPS) is 44.7. The lowest BCUT2D eigenvalue weighted by Gasteiger charge is -2.19. The van der Waals surface area contributed by atoms with E-state index in [0.29, 0.717) is 6.61 Å². The molecule has 58 valence electrons. The van der Waals surface area contributed by atoms with Crippen LogP contribution in [0.5, 0.6) is 0 Å². The second-order valence-electron chi connectivity index (χ2n) is 3.95. The van der Waals surface area contributed by atoms with Crippen molar-refractivity contribution in [2.24, 2.45) is 17.8 Å². The van der Waals surface area contributed by atoms with Gasteiger partial charge < -0.3 is 5.11 Å². The van der Waals surface area contributed by atoms with E-state index in [1.165, 1.54) is 25.7 Å². The van der Waals surface area contributed by atoms with Gasteiger partial charge in [-0.2, -0.15) is 0 Å². The van der Waals surface area contributed by atoms with Crippen molar-refractivity contribution in [3.8, 4) is 0 Å². The Bertz CT molecular complexity index is 122. The van der Waals surface area contributed by atoms with Crippen molar-refractivity contribution in [3.63, 3.8) is 0 Å². The van der Waals surface area contributed by atoms with Gasteiger partial charge in [0.15, 0.2) is 0 Å². The summed E-state index contributed by atoms with van der Waals surface area (Å²) in [5.74, 6) is 2.93. The topological polar surface area (TPSA) is 20.2 Å². The van der Waals surface area contributed by atoms with E-state index in [4.69, 9.17) is 5.11 Å². The Morgan fingerprint density at radius 2 is 2.10 bits per heavy atom. The van der Waals surface area contributed by atoms with E-state index >= 15 is 0 Å². The van der Waals surface area contributed by atoms with Crippen molar-refractivity contribution in [3.05, 3.63) is 0 Å². The van der Waals surface area contributed by atoms with Crippen LogP contribution in [0.1, 0.15) is 32.1 Å². The van der Waals surface area contributed by atoms with E-state index < -0.39 is 0 Å². The smallest absolute Gasteiger partial charge is 0.0433 e. The van der Waals surface area contributed by atoms with Gasteiger partial charge in [0, 0.05) is 6.61 Å². The molecule has 0 aromatic heterocycles. The van der Waals surface area contributed by atoms with Crippen molar-refractivity contribution in [2.45, 2.75) is 32.1 Å². The Hall–Kier alpha value is -0.0400. The quantitative estimate of drug-likeness (QED) is 0.620. The van der Waals surface area contributed by atoms with Gasteiger partial charge in [0.1, 0.15) is 0 Å². The molecule has 2 bridgehead atoms. The van der Waals surface area contributed by atoms with Gasteiger partial charge in [-0.05, 0) is 43.4 Å². The highest BCUT2D eigenvalue weighted by molar-refractivity contribution is 4.89. The molecule has 2 fully saturated rings. The lowest BCUT2D eigenvalue weighted by atomic mass is 9.87. The van der Waals surface area contributed by atoms with E-state index in [2.05, 4.69) is 0 Å². The van der Waals surface area contributed by atoms with Gasteiger partial charge in [0.2, 0.25) is 0 Å². The van der Waals surface area contributed by atoms with Crippen LogP contribution in [0.25, 0.3) is 0 Å². The summed E-state index contributed by atoms with van der Waals surface area (Å²) in [6.07, 6.45) is 6.90. The highest BCUT2D eigenvalue weighted by atomic mass is 16.3. The molecular weight excluding hydrogens is 124 g/mol. The molecule has 1 N–H and O–H groups in total. The number of aliphatic hydroxyl groups excluding tert-OH is 1. The fourth-order valence-corrected chi connectivity index (χ4v) is 2.90. The minimum atomic E-state index is 0.411. The molecule has 0 saturated heterocycles. The van der Waals surface area contributed by atoms with Crippen molar-refractivity contribution in [2.75, 3.05) is 6.61 Å². The third kappa shape index (κ3) is 0.968. The summed E-state index contributed by atoms with van der Waals surface area (Å²) in [6.45, 7) is 0.411. The third-order valence-electron chi connectivity index (χ3n) is 3.38. The average Bonchev–Trinajstić information content (AvgIpc) is 2.48. The molecule has 0 aromatic rings. The molecule has 0 spiro atoms. The summed E-state index contributed by atoms with van der Waals surface area (Å²) < 4.78 is 0. The van der Waals surface area contributed by atoms with Gasteiger partial charge >= 0.3 is 0 Å². The van der Waals surface area contributed by atoms with E-state index in [9.17, 15) is 0 Å². The highest BCUT2D eigenvalue weighted by Gasteiger charge is 2.38. The van der Waals surface area contributed by atoms with Crippen LogP contribution < -0.4 is 0 Å². The third-order valence-corrected chi connectivity index (χ3v) is 3.38. The molecule has 0 aromatic carbocycles. The molecule has 2 saturated carbocycles. The lowest BCUT2D eigenvalue weighted by molar-refractivity contribution is 0.219. The minimum absolute atomic E-state index is 0.411. The van der Waals surface area contributed by atoms with Crippen molar-refractivity contribution in [1.82, 2.24) is 0 Å². The van der Waals surface area contributed by atoms with Crippen LogP contribution in [0.3, 0.4) is 0 Å². The first kappa shape index (κ1) is 6.66. The first-order chi connectivity index (χ1) is 4.90. The number of aliphatic hydroxyl groups is 1. The molecule has 0 unspecified atom stereocenters. The van der Waals surface area contributed by atoms with Gasteiger partial charge in [-0.3, -0.25) is 0 Å². The summed E-state index contributed by atoms with van der Waals surface area (Å²) in [4.78, 5) is 0. The molecule has 0 amide bonds. The molecule has 3 atom stereocenters. The second kappa shape index (κ2) is 2.54. The lowest BCUT2D eigenvalue weighted by Crippen LogP contribution is -2.11. The van der Waals surface area contributed by atoms with Crippen LogP contribution in [0.2, 0.25) is 0 Å².